The molecule has 3 aliphatic rings. The molecule has 0 aromatic rings. The van der Waals surface area contributed by atoms with E-state index in [9.17, 15) is 14.4 Å². The molecular weight excluding hydrogens is 294 g/mol. The van der Waals surface area contributed by atoms with Crippen LogP contribution in [0.2, 0.25) is 0 Å². The first-order valence-electron chi connectivity index (χ1n) is 8.83. The molecule has 23 heavy (non-hydrogen) atoms. The molecule has 0 aromatic heterocycles. The second-order valence-electron chi connectivity index (χ2n) is 7.60. The van der Waals surface area contributed by atoms with E-state index in [1.807, 2.05) is 0 Å². The van der Waals surface area contributed by atoms with Gasteiger partial charge in [-0.1, -0.05) is 19.8 Å². The smallest absolute Gasteiger partial charge is 0.240 e. The van der Waals surface area contributed by atoms with Gasteiger partial charge in [0.2, 0.25) is 17.7 Å². The minimum atomic E-state index is -0.217. The minimum Gasteiger partial charge on any atom is -0.354 e. The Morgan fingerprint density at radius 2 is 1.74 bits per heavy atom. The molecular formula is C17H27N3O3. The van der Waals surface area contributed by atoms with Crippen molar-refractivity contribution < 1.29 is 14.4 Å². The number of piperidine rings is 1. The Morgan fingerprint density at radius 1 is 1.17 bits per heavy atom. The Morgan fingerprint density at radius 3 is 2.30 bits per heavy atom. The van der Waals surface area contributed by atoms with Gasteiger partial charge in [0.1, 0.15) is 6.54 Å². The van der Waals surface area contributed by atoms with Crippen LogP contribution in [0.5, 0.6) is 0 Å². The topological polar surface area (TPSA) is 78.5 Å². The highest BCUT2D eigenvalue weighted by Crippen LogP contribution is 2.37. The van der Waals surface area contributed by atoms with Crippen molar-refractivity contribution in [2.75, 3.05) is 26.2 Å². The largest absolute Gasteiger partial charge is 0.354 e. The van der Waals surface area contributed by atoms with E-state index >= 15 is 0 Å². The zero-order chi connectivity index (χ0) is 16.4. The van der Waals surface area contributed by atoms with Crippen molar-refractivity contribution in [2.24, 2.45) is 17.3 Å². The van der Waals surface area contributed by atoms with Crippen LogP contribution in [0.25, 0.3) is 0 Å². The molecule has 2 heterocycles. The summed E-state index contributed by atoms with van der Waals surface area (Å²) in [6.07, 6.45) is 5.65. The standard InChI is InChI=1S/C17H27N3O3/c1-17(6-8-18-9-7-17)11-19-14(21)10-20-15(22)12-4-2-3-5-13(12)16(20)23/h12-13,18H,2-11H2,1H3,(H,19,21). The fraction of sp³-hybridized carbons (Fsp3) is 0.824. The Bertz CT molecular complexity index is 475. The monoisotopic (exact) mass is 321 g/mol. The maximum Gasteiger partial charge on any atom is 0.240 e. The highest BCUT2D eigenvalue weighted by Gasteiger charge is 2.48. The molecule has 0 spiro atoms. The van der Waals surface area contributed by atoms with Gasteiger partial charge < -0.3 is 10.6 Å². The normalized spacial score (nSPS) is 30.2. The molecule has 2 unspecified atom stereocenters. The Balaban J connectivity index is 1.53. The summed E-state index contributed by atoms with van der Waals surface area (Å²) in [5.74, 6) is -0.840. The van der Waals surface area contributed by atoms with Crippen LogP contribution in [-0.2, 0) is 14.4 Å². The van der Waals surface area contributed by atoms with Crippen molar-refractivity contribution in [1.29, 1.82) is 0 Å². The summed E-state index contributed by atoms with van der Waals surface area (Å²) in [5, 5.41) is 6.25. The first-order chi connectivity index (χ1) is 11.0. The molecule has 0 aromatic carbocycles. The quantitative estimate of drug-likeness (QED) is 0.746. The van der Waals surface area contributed by atoms with Gasteiger partial charge in [0, 0.05) is 6.54 Å². The Kier molecular flexibility index (Phi) is 4.71. The fourth-order valence-corrected chi connectivity index (χ4v) is 4.11. The minimum absolute atomic E-state index is 0.105. The van der Waals surface area contributed by atoms with E-state index in [0.29, 0.717) is 6.54 Å². The molecule has 0 radical (unpaired) electrons. The number of carbonyl (C=O) groups is 3. The fourth-order valence-electron chi connectivity index (χ4n) is 4.11. The third-order valence-electron chi connectivity index (χ3n) is 5.76. The van der Waals surface area contributed by atoms with Gasteiger partial charge in [-0.2, -0.15) is 0 Å². The second kappa shape index (κ2) is 6.59. The van der Waals surface area contributed by atoms with Gasteiger partial charge in [-0.25, -0.2) is 0 Å². The van der Waals surface area contributed by atoms with Gasteiger partial charge in [-0.3, -0.25) is 19.3 Å². The number of amides is 3. The predicted molar refractivity (Wildman–Crippen MR) is 85.4 cm³/mol. The van der Waals surface area contributed by atoms with Crippen LogP contribution in [0, 0.1) is 17.3 Å². The zero-order valence-corrected chi connectivity index (χ0v) is 13.9. The molecule has 2 N–H and O–H groups in total. The number of imide groups is 1. The number of nitrogens with one attached hydrogen (secondary N) is 2. The van der Waals surface area contributed by atoms with E-state index in [2.05, 4.69) is 17.6 Å². The molecule has 128 valence electrons. The molecule has 1 aliphatic carbocycles. The molecule has 6 heteroatoms. The van der Waals surface area contributed by atoms with Crippen molar-refractivity contribution in [3.05, 3.63) is 0 Å². The van der Waals surface area contributed by atoms with Gasteiger partial charge in [0.25, 0.3) is 0 Å². The van der Waals surface area contributed by atoms with Gasteiger partial charge in [0.05, 0.1) is 11.8 Å². The lowest BCUT2D eigenvalue weighted by molar-refractivity contribution is -0.143. The number of fused-ring (bicyclic) bond motifs is 1. The number of hydrogen-bond acceptors (Lipinski definition) is 4. The molecule has 3 rings (SSSR count). The van der Waals surface area contributed by atoms with Gasteiger partial charge in [-0.05, 0) is 44.2 Å². The summed E-state index contributed by atoms with van der Waals surface area (Å²) in [6.45, 7) is 4.61. The lowest BCUT2D eigenvalue weighted by Crippen LogP contribution is -2.46. The molecule has 2 saturated heterocycles. The third kappa shape index (κ3) is 3.42. The predicted octanol–water partition coefficient (Wildman–Crippen LogP) is 0.668. The summed E-state index contributed by atoms with van der Waals surface area (Å²) in [5.41, 5.74) is 0.105. The molecule has 3 amide bonds. The summed E-state index contributed by atoms with van der Waals surface area (Å²) >= 11 is 0. The van der Waals surface area contributed by atoms with Crippen LogP contribution in [0.15, 0.2) is 0 Å². The molecule has 0 bridgehead atoms. The number of carbonyl (C=O) groups excluding carboxylic acids is 3. The number of rotatable bonds is 4. The van der Waals surface area contributed by atoms with E-state index in [4.69, 9.17) is 0 Å². The molecule has 2 aliphatic heterocycles. The average molecular weight is 321 g/mol. The molecule has 3 fully saturated rings. The molecule has 6 nitrogen and oxygen atoms in total. The van der Waals surface area contributed by atoms with Crippen LogP contribution < -0.4 is 10.6 Å². The van der Waals surface area contributed by atoms with Gasteiger partial charge in [0.15, 0.2) is 0 Å². The second-order valence-corrected chi connectivity index (χ2v) is 7.60. The van der Waals surface area contributed by atoms with E-state index in [0.717, 1.165) is 51.6 Å². The number of hydrogen-bond donors (Lipinski definition) is 2. The van der Waals surface area contributed by atoms with Crippen molar-refractivity contribution in [3.8, 4) is 0 Å². The SMILES string of the molecule is CC1(CNC(=O)CN2C(=O)C3CCCCC3C2=O)CCNCC1. The lowest BCUT2D eigenvalue weighted by Gasteiger charge is -2.34. The summed E-state index contributed by atoms with van der Waals surface area (Å²) in [7, 11) is 0. The zero-order valence-electron chi connectivity index (χ0n) is 13.9. The maximum absolute atomic E-state index is 12.4. The highest BCUT2D eigenvalue weighted by atomic mass is 16.2. The lowest BCUT2D eigenvalue weighted by atomic mass is 9.81. The Hall–Kier alpha value is -1.43. The summed E-state index contributed by atoms with van der Waals surface area (Å²) < 4.78 is 0. The first-order valence-corrected chi connectivity index (χ1v) is 8.83. The highest BCUT2D eigenvalue weighted by molar-refractivity contribution is 6.07. The molecule has 1 saturated carbocycles. The number of likely N-dealkylation sites (tertiary alicyclic amines) is 1. The van der Waals surface area contributed by atoms with Gasteiger partial charge in [-0.15, -0.1) is 0 Å². The van der Waals surface area contributed by atoms with Crippen LogP contribution in [0.1, 0.15) is 45.4 Å². The van der Waals surface area contributed by atoms with Crippen molar-refractivity contribution in [3.63, 3.8) is 0 Å². The Labute approximate surface area is 137 Å². The van der Waals surface area contributed by atoms with E-state index in [1.54, 1.807) is 0 Å². The third-order valence-corrected chi connectivity index (χ3v) is 5.76. The number of nitrogens with zero attached hydrogens (tertiary/aromatic N) is 1. The maximum atomic E-state index is 12.4. The molecule has 2 atom stereocenters. The van der Waals surface area contributed by atoms with Crippen LogP contribution in [-0.4, -0.2) is 48.8 Å². The first kappa shape index (κ1) is 16.4. The van der Waals surface area contributed by atoms with E-state index in [-0.39, 0.29) is 41.5 Å². The van der Waals surface area contributed by atoms with E-state index < -0.39 is 0 Å². The van der Waals surface area contributed by atoms with E-state index in [1.165, 1.54) is 4.90 Å². The van der Waals surface area contributed by atoms with Crippen molar-refractivity contribution in [2.45, 2.75) is 45.4 Å². The summed E-state index contributed by atoms with van der Waals surface area (Å²) in [6, 6.07) is 0. The van der Waals surface area contributed by atoms with Crippen LogP contribution in [0.3, 0.4) is 0 Å². The van der Waals surface area contributed by atoms with Crippen LogP contribution >= 0.6 is 0 Å². The van der Waals surface area contributed by atoms with Crippen LogP contribution in [0.4, 0.5) is 0 Å². The summed E-state index contributed by atoms with van der Waals surface area (Å²) in [4.78, 5) is 38.1. The van der Waals surface area contributed by atoms with Gasteiger partial charge >= 0.3 is 0 Å². The van der Waals surface area contributed by atoms with Crippen molar-refractivity contribution >= 4 is 17.7 Å². The average Bonchev–Trinajstić information content (AvgIpc) is 2.79. The van der Waals surface area contributed by atoms with Crippen molar-refractivity contribution in [1.82, 2.24) is 15.5 Å².